The second kappa shape index (κ2) is 4.08. The number of hydrogen-bond acceptors (Lipinski definition) is 4. The summed E-state index contributed by atoms with van der Waals surface area (Å²) in [6, 6.07) is 0. The lowest BCUT2D eigenvalue weighted by Crippen LogP contribution is -2.28. The molecule has 2 unspecified atom stereocenters. The zero-order valence-corrected chi connectivity index (χ0v) is 5.52. The van der Waals surface area contributed by atoms with Crippen molar-refractivity contribution in [2.24, 2.45) is 0 Å². The van der Waals surface area contributed by atoms with E-state index in [-0.39, 0.29) is 0 Å². The van der Waals surface area contributed by atoms with Crippen LogP contribution in [0.2, 0.25) is 0 Å². The maximum atomic E-state index is 9.71. The minimum atomic E-state index is -1.46. The van der Waals surface area contributed by atoms with Crippen molar-refractivity contribution in [1.82, 2.24) is 0 Å². The zero-order valence-electron chi connectivity index (χ0n) is 5.52. The van der Waals surface area contributed by atoms with Crippen LogP contribution in [0.15, 0.2) is 0 Å². The summed E-state index contributed by atoms with van der Waals surface area (Å²) in [5.74, 6) is 0. The molecule has 0 radical (unpaired) electrons. The van der Waals surface area contributed by atoms with Gasteiger partial charge in [0.2, 0.25) is 0 Å². The van der Waals surface area contributed by atoms with Crippen LogP contribution in [0.25, 0.3) is 0 Å². The molecule has 3 N–H and O–H groups in total. The highest BCUT2D eigenvalue weighted by atomic mass is 16.7. The van der Waals surface area contributed by atoms with E-state index in [0.717, 1.165) is 0 Å². The molecule has 0 bridgehead atoms. The Morgan fingerprint density at radius 2 is 2.10 bits per heavy atom. The van der Waals surface area contributed by atoms with Crippen LogP contribution in [0.5, 0.6) is 0 Å². The number of carbonyl (C=O) groups is 1. The standard InChI is InChI=1S/C5H10O5/c1-3(6)4(7)2-10-5(8)9/h3-4,6-7H,2H2,1H3,(H,8,9). The molecule has 0 aromatic rings. The number of carboxylic acid groups (broad SMARTS) is 1. The van der Waals surface area contributed by atoms with Crippen LogP contribution < -0.4 is 0 Å². The summed E-state index contributed by atoms with van der Waals surface area (Å²) in [6.07, 6.45) is -3.57. The number of rotatable bonds is 3. The van der Waals surface area contributed by atoms with E-state index in [9.17, 15) is 4.79 Å². The SMILES string of the molecule is CC(O)C(O)COC(=O)O. The van der Waals surface area contributed by atoms with Crippen LogP contribution in [0, 0.1) is 0 Å². The number of aliphatic hydroxyl groups excluding tert-OH is 2. The van der Waals surface area contributed by atoms with Gasteiger partial charge < -0.3 is 20.1 Å². The third-order valence-corrected chi connectivity index (χ3v) is 0.934. The molecule has 0 saturated carbocycles. The molecule has 10 heavy (non-hydrogen) atoms. The highest BCUT2D eigenvalue weighted by molar-refractivity contribution is 5.56. The summed E-state index contributed by atoms with van der Waals surface area (Å²) in [5, 5.41) is 25.3. The topological polar surface area (TPSA) is 87.0 Å². The van der Waals surface area contributed by atoms with Gasteiger partial charge in [0.25, 0.3) is 0 Å². The first-order valence-electron chi connectivity index (χ1n) is 2.76. The van der Waals surface area contributed by atoms with Crippen LogP contribution in [-0.2, 0) is 4.74 Å². The fourth-order valence-electron chi connectivity index (χ4n) is 0.296. The van der Waals surface area contributed by atoms with Gasteiger partial charge in [-0.25, -0.2) is 4.79 Å². The predicted molar refractivity (Wildman–Crippen MR) is 31.7 cm³/mol. The predicted octanol–water partition coefficient (Wildman–Crippen LogP) is -0.577. The molecule has 0 fully saturated rings. The Kier molecular flexibility index (Phi) is 3.75. The lowest BCUT2D eigenvalue weighted by Gasteiger charge is -2.11. The first kappa shape index (κ1) is 9.19. The Balaban J connectivity index is 3.39. The summed E-state index contributed by atoms with van der Waals surface area (Å²) in [7, 11) is 0. The molecule has 0 aliphatic carbocycles. The molecule has 60 valence electrons. The summed E-state index contributed by atoms with van der Waals surface area (Å²) in [5.41, 5.74) is 0. The molecule has 0 aromatic carbocycles. The number of aliphatic hydroxyl groups is 2. The van der Waals surface area contributed by atoms with Crippen LogP contribution in [0.4, 0.5) is 4.79 Å². The molecule has 2 atom stereocenters. The number of ether oxygens (including phenoxy) is 1. The van der Waals surface area contributed by atoms with E-state index in [1.807, 2.05) is 0 Å². The van der Waals surface area contributed by atoms with Crippen molar-refractivity contribution in [1.29, 1.82) is 0 Å². The monoisotopic (exact) mass is 150 g/mol. The first-order chi connectivity index (χ1) is 4.54. The summed E-state index contributed by atoms with van der Waals surface area (Å²) in [6.45, 7) is 0.947. The van der Waals surface area contributed by atoms with E-state index in [1.54, 1.807) is 0 Å². The Labute approximate surface area is 57.9 Å². The second-order valence-corrected chi connectivity index (χ2v) is 1.88. The van der Waals surface area contributed by atoms with Gasteiger partial charge >= 0.3 is 6.16 Å². The van der Waals surface area contributed by atoms with Gasteiger partial charge in [-0.1, -0.05) is 0 Å². The Hall–Kier alpha value is -0.810. The van der Waals surface area contributed by atoms with Crippen molar-refractivity contribution in [3.63, 3.8) is 0 Å². The first-order valence-corrected chi connectivity index (χ1v) is 2.76. The van der Waals surface area contributed by atoms with Gasteiger partial charge in [-0.2, -0.15) is 0 Å². The largest absolute Gasteiger partial charge is 0.505 e. The molecule has 0 saturated heterocycles. The van der Waals surface area contributed by atoms with Crippen LogP contribution in [0.3, 0.4) is 0 Å². The van der Waals surface area contributed by atoms with Crippen LogP contribution in [0.1, 0.15) is 6.92 Å². The molecular formula is C5H10O5. The molecule has 0 rings (SSSR count). The van der Waals surface area contributed by atoms with Gasteiger partial charge in [0, 0.05) is 0 Å². The van der Waals surface area contributed by atoms with E-state index >= 15 is 0 Å². The minimum absolute atomic E-state index is 0.396. The zero-order chi connectivity index (χ0) is 8.15. The van der Waals surface area contributed by atoms with E-state index in [1.165, 1.54) is 6.92 Å². The maximum Gasteiger partial charge on any atom is 0.505 e. The smallest absolute Gasteiger partial charge is 0.450 e. The van der Waals surface area contributed by atoms with E-state index < -0.39 is 25.0 Å². The Morgan fingerprint density at radius 1 is 1.60 bits per heavy atom. The quantitative estimate of drug-likeness (QED) is 0.468. The molecule has 0 aliphatic heterocycles. The molecule has 0 heterocycles. The maximum absolute atomic E-state index is 9.71. The minimum Gasteiger partial charge on any atom is -0.450 e. The summed E-state index contributed by atoms with van der Waals surface area (Å²) >= 11 is 0. The molecular weight excluding hydrogens is 140 g/mol. The van der Waals surface area contributed by atoms with E-state index in [2.05, 4.69) is 4.74 Å². The third kappa shape index (κ3) is 4.11. The third-order valence-electron chi connectivity index (χ3n) is 0.934. The fourth-order valence-corrected chi connectivity index (χ4v) is 0.296. The van der Waals surface area contributed by atoms with Gasteiger partial charge in [-0.15, -0.1) is 0 Å². The Bertz CT molecular complexity index is 111. The average molecular weight is 150 g/mol. The highest BCUT2D eigenvalue weighted by Gasteiger charge is 2.12. The van der Waals surface area contributed by atoms with Crippen molar-refractivity contribution < 1.29 is 24.9 Å². The molecule has 5 nitrogen and oxygen atoms in total. The molecule has 0 aromatic heterocycles. The Morgan fingerprint density at radius 3 is 2.40 bits per heavy atom. The second-order valence-electron chi connectivity index (χ2n) is 1.88. The van der Waals surface area contributed by atoms with Crippen molar-refractivity contribution in [3.8, 4) is 0 Å². The van der Waals surface area contributed by atoms with E-state index in [0.29, 0.717) is 0 Å². The van der Waals surface area contributed by atoms with E-state index in [4.69, 9.17) is 15.3 Å². The van der Waals surface area contributed by atoms with Gasteiger partial charge in [-0.05, 0) is 6.92 Å². The fraction of sp³-hybridized carbons (Fsp3) is 0.800. The van der Waals surface area contributed by atoms with Crippen LogP contribution in [-0.4, -0.2) is 40.3 Å². The molecule has 0 spiro atoms. The average Bonchev–Trinajstić information content (AvgIpc) is 1.82. The van der Waals surface area contributed by atoms with Gasteiger partial charge in [0.15, 0.2) is 0 Å². The van der Waals surface area contributed by atoms with Gasteiger partial charge in [0.1, 0.15) is 12.7 Å². The molecule has 0 aliphatic rings. The van der Waals surface area contributed by atoms with Crippen molar-refractivity contribution in [2.45, 2.75) is 19.1 Å². The highest BCUT2D eigenvalue weighted by Crippen LogP contribution is 1.92. The summed E-state index contributed by atoms with van der Waals surface area (Å²) in [4.78, 5) is 9.71. The molecule has 5 heteroatoms. The van der Waals surface area contributed by atoms with Crippen molar-refractivity contribution >= 4 is 6.16 Å². The lowest BCUT2D eigenvalue weighted by molar-refractivity contribution is -0.0204. The van der Waals surface area contributed by atoms with Crippen LogP contribution >= 0.6 is 0 Å². The summed E-state index contributed by atoms with van der Waals surface area (Å²) < 4.78 is 3.97. The normalized spacial score (nSPS) is 15.9. The van der Waals surface area contributed by atoms with Gasteiger partial charge in [-0.3, -0.25) is 0 Å². The molecule has 0 amide bonds. The number of hydrogen-bond donors (Lipinski definition) is 3. The van der Waals surface area contributed by atoms with Gasteiger partial charge in [0.05, 0.1) is 6.10 Å². The van der Waals surface area contributed by atoms with Crippen molar-refractivity contribution in [3.05, 3.63) is 0 Å². The lowest BCUT2D eigenvalue weighted by atomic mass is 10.2. The van der Waals surface area contributed by atoms with Crippen molar-refractivity contribution in [2.75, 3.05) is 6.61 Å².